The van der Waals surface area contributed by atoms with Crippen LogP contribution in [0.1, 0.15) is 17.3 Å². The molecule has 0 spiro atoms. The summed E-state index contributed by atoms with van der Waals surface area (Å²) in [4.78, 5) is 18.5. The first kappa shape index (κ1) is 14.7. The molecule has 1 saturated heterocycles. The highest BCUT2D eigenvalue weighted by Gasteiger charge is 2.14. The second kappa shape index (κ2) is 7.81. The van der Waals surface area contributed by atoms with Crippen LogP contribution in [0.4, 0.5) is 0 Å². The van der Waals surface area contributed by atoms with Crippen LogP contribution < -0.4 is 10.1 Å². The van der Waals surface area contributed by atoms with Crippen molar-refractivity contribution >= 4 is 5.91 Å². The molecule has 1 aromatic heterocycles. The number of rotatable bonds is 6. The molecule has 1 N–H and O–H groups in total. The van der Waals surface area contributed by atoms with Crippen molar-refractivity contribution in [3.63, 3.8) is 0 Å². The molecule has 0 saturated carbocycles. The minimum atomic E-state index is -0.144. The molecule has 0 bridgehead atoms. The van der Waals surface area contributed by atoms with E-state index in [-0.39, 0.29) is 5.91 Å². The van der Waals surface area contributed by atoms with Gasteiger partial charge in [-0.15, -0.1) is 0 Å². The highest BCUT2D eigenvalue weighted by atomic mass is 16.5. The number of hydrogen-bond acceptors (Lipinski definition) is 5. The van der Waals surface area contributed by atoms with Gasteiger partial charge in [-0.3, -0.25) is 9.69 Å². The van der Waals surface area contributed by atoms with Gasteiger partial charge in [-0.2, -0.15) is 0 Å². The van der Waals surface area contributed by atoms with Gasteiger partial charge in [0.1, 0.15) is 5.56 Å². The van der Waals surface area contributed by atoms with Gasteiger partial charge in [0.15, 0.2) is 0 Å². The summed E-state index contributed by atoms with van der Waals surface area (Å²) in [6, 6.07) is 3.46. The monoisotopic (exact) mass is 279 g/mol. The minimum Gasteiger partial charge on any atom is -0.477 e. The largest absolute Gasteiger partial charge is 0.477 e. The van der Waals surface area contributed by atoms with Gasteiger partial charge >= 0.3 is 0 Å². The van der Waals surface area contributed by atoms with E-state index in [9.17, 15) is 4.79 Å². The lowest BCUT2D eigenvalue weighted by atomic mass is 10.2. The number of carbonyl (C=O) groups excluding carboxylic acids is 1. The highest BCUT2D eigenvalue weighted by molar-refractivity contribution is 5.96. The van der Waals surface area contributed by atoms with Crippen molar-refractivity contribution in [3.05, 3.63) is 23.9 Å². The third kappa shape index (κ3) is 4.18. The van der Waals surface area contributed by atoms with Crippen LogP contribution >= 0.6 is 0 Å². The van der Waals surface area contributed by atoms with Crippen LogP contribution in [0.5, 0.6) is 5.88 Å². The maximum Gasteiger partial charge on any atom is 0.256 e. The highest BCUT2D eigenvalue weighted by Crippen LogP contribution is 2.13. The molecule has 0 aliphatic carbocycles. The van der Waals surface area contributed by atoms with Gasteiger partial charge in [0, 0.05) is 32.4 Å². The van der Waals surface area contributed by atoms with Gasteiger partial charge in [0.25, 0.3) is 5.91 Å². The Labute approximate surface area is 119 Å². The number of amides is 1. The molecule has 1 aliphatic heterocycles. The van der Waals surface area contributed by atoms with Crippen LogP contribution in [0.15, 0.2) is 18.3 Å². The van der Waals surface area contributed by atoms with E-state index in [4.69, 9.17) is 9.47 Å². The zero-order valence-corrected chi connectivity index (χ0v) is 11.8. The number of hydrogen-bond donors (Lipinski definition) is 1. The average molecular weight is 279 g/mol. The summed E-state index contributed by atoms with van der Waals surface area (Å²) >= 11 is 0. The Hall–Kier alpha value is -1.66. The molecule has 0 aromatic carbocycles. The van der Waals surface area contributed by atoms with Crippen molar-refractivity contribution < 1.29 is 14.3 Å². The van der Waals surface area contributed by atoms with Crippen molar-refractivity contribution in [3.8, 4) is 5.88 Å². The summed E-state index contributed by atoms with van der Waals surface area (Å²) in [6.45, 7) is 7.19. The molecule has 1 aliphatic rings. The Morgan fingerprint density at radius 3 is 3.05 bits per heavy atom. The van der Waals surface area contributed by atoms with E-state index in [0.29, 0.717) is 24.6 Å². The van der Waals surface area contributed by atoms with Crippen LogP contribution in [-0.4, -0.2) is 61.8 Å². The molecule has 0 unspecified atom stereocenters. The van der Waals surface area contributed by atoms with Crippen LogP contribution in [0.2, 0.25) is 0 Å². The molecule has 6 heteroatoms. The van der Waals surface area contributed by atoms with Gasteiger partial charge < -0.3 is 14.8 Å². The average Bonchev–Trinajstić information content (AvgIpc) is 2.49. The zero-order chi connectivity index (χ0) is 14.2. The quantitative estimate of drug-likeness (QED) is 0.823. The topological polar surface area (TPSA) is 63.7 Å². The van der Waals surface area contributed by atoms with Gasteiger partial charge in [-0.25, -0.2) is 4.98 Å². The Morgan fingerprint density at radius 2 is 2.30 bits per heavy atom. The van der Waals surface area contributed by atoms with Crippen molar-refractivity contribution in [2.45, 2.75) is 6.92 Å². The van der Waals surface area contributed by atoms with E-state index in [1.807, 2.05) is 6.92 Å². The summed E-state index contributed by atoms with van der Waals surface area (Å²) in [5.41, 5.74) is 0.483. The van der Waals surface area contributed by atoms with Crippen molar-refractivity contribution in [1.29, 1.82) is 0 Å². The molecule has 6 nitrogen and oxygen atoms in total. The number of carbonyl (C=O) groups is 1. The lowest BCUT2D eigenvalue weighted by Crippen LogP contribution is -2.41. The standard InChI is InChI=1S/C14H21N3O3/c1-2-20-14-12(4-3-5-16-14)13(18)15-6-7-17-8-10-19-11-9-17/h3-5H,2,6-11H2,1H3,(H,15,18). The first-order valence-corrected chi connectivity index (χ1v) is 6.97. The Kier molecular flexibility index (Phi) is 5.76. The molecule has 1 aromatic rings. The predicted molar refractivity (Wildman–Crippen MR) is 75.0 cm³/mol. The van der Waals surface area contributed by atoms with E-state index in [0.717, 1.165) is 32.8 Å². The number of pyridine rings is 1. The molecule has 110 valence electrons. The first-order valence-electron chi connectivity index (χ1n) is 6.97. The molecule has 0 radical (unpaired) electrons. The van der Waals surface area contributed by atoms with E-state index >= 15 is 0 Å². The molecule has 2 heterocycles. The Balaban J connectivity index is 1.82. The molecule has 2 rings (SSSR count). The lowest BCUT2D eigenvalue weighted by Gasteiger charge is -2.26. The fourth-order valence-corrected chi connectivity index (χ4v) is 2.06. The summed E-state index contributed by atoms with van der Waals surface area (Å²) < 4.78 is 10.6. The van der Waals surface area contributed by atoms with Gasteiger partial charge in [0.05, 0.1) is 19.8 Å². The van der Waals surface area contributed by atoms with Crippen molar-refractivity contribution in [2.75, 3.05) is 46.0 Å². The molecule has 0 atom stereocenters. The van der Waals surface area contributed by atoms with Crippen LogP contribution in [0.25, 0.3) is 0 Å². The van der Waals surface area contributed by atoms with Crippen LogP contribution in [-0.2, 0) is 4.74 Å². The van der Waals surface area contributed by atoms with E-state index in [1.165, 1.54) is 0 Å². The Morgan fingerprint density at radius 1 is 1.50 bits per heavy atom. The number of nitrogens with one attached hydrogen (secondary N) is 1. The minimum absolute atomic E-state index is 0.144. The normalized spacial score (nSPS) is 15.8. The van der Waals surface area contributed by atoms with Crippen molar-refractivity contribution in [2.24, 2.45) is 0 Å². The smallest absolute Gasteiger partial charge is 0.256 e. The second-order valence-corrected chi connectivity index (χ2v) is 4.50. The zero-order valence-electron chi connectivity index (χ0n) is 11.8. The molecule has 1 amide bonds. The SMILES string of the molecule is CCOc1ncccc1C(=O)NCCN1CCOCC1. The maximum atomic E-state index is 12.1. The summed E-state index contributed by atoms with van der Waals surface area (Å²) in [7, 11) is 0. The summed E-state index contributed by atoms with van der Waals surface area (Å²) in [6.07, 6.45) is 1.62. The third-order valence-corrected chi connectivity index (χ3v) is 3.11. The third-order valence-electron chi connectivity index (χ3n) is 3.11. The lowest BCUT2D eigenvalue weighted by molar-refractivity contribution is 0.0383. The number of nitrogens with zero attached hydrogens (tertiary/aromatic N) is 2. The van der Waals surface area contributed by atoms with E-state index in [2.05, 4.69) is 15.2 Å². The van der Waals surface area contributed by atoms with Crippen LogP contribution in [0, 0.1) is 0 Å². The first-order chi connectivity index (χ1) is 9.81. The molecule has 1 fully saturated rings. The molecular weight excluding hydrogens is 258 g/mol. The van der Waals surface area contributed by atoms with Gasteiger partial charge in [-0.1, -0.05) is 0 Å². The Bertz CT molecular complexity index is 433. The van der Waals surface area contributed by atoms with E-state index < -0.39 is 0 Å². The summed E-state index contributed by atoms with van der Waals surface area (Å²) in [5, 5.41) is 2.90. The van der Waals surface area contributed by atoms with Crippen molar-refractivity contribution in [1.82, 2.24) is 15.2 Å². The van der Waals surface area contributed by atoms with E-state index in [1.54, 1.807) is 18.3 Å². The van der Waals surface area contributed by atoms with Gasteiger partial charge in [0.2, 0.25) is 5.88 Å². The number of aromatic nitrogens is 1. The van der Waals surface area contributed by atoms with Crippen LogP contribution in [0.3, 0.4) is 0 Å². The fourth-order valence-electron chi connectivity index (χ4n) is 2.06. The fraction of sp³-hybridized carbons (Fsp3) is 0.571. The maximum absolute atomic E-state index is 12.1. The second-order valence-electron chi connectivity index (χ2n) is 4.50. The number of morpholine rings is 1. The molecule has 20 heavy (non-hydrogen) atoms. The van der Waals surface area contributed by atoms with Gasteiger partial charge in [-0.05, 0) is 19.1 Å². The number of ether oxygens (including phenoxy) is 2. The predicted octanol–water partition coefficient (Wildman–Crippen LogP) is 0.542. The molecular formula is C14H21N3O3. The summed E-state index contributed by atoms with van der Waals surface area (Å²) in [5.74, 6) is 0.244.